The molecular formula is C13H16ClN5O. The molecule has 6 nitrogen and oxygen atoms in total. The number of hydrogen-bond acceptors (Lipinski definition) is 2. The van der Waals surface area contributed by atoms with Gasteiger partial charge in [-0.1, -0.05) is 30.3 Å². The fraction of sp³-hybridized carbons (Fsp3) is 0.154. The standard InChI is InChI=1S/C13H15N5O.ClH/c1-9-11(12(19)16-13(14)15)8-18(17-9)7-10-5-3-2-4-6-10;/h2-6,8H,7H2,1H3,(H4,14,15,16,19);1H. The fourth-order valence-electron chi connectivity index (χ4n) is 1.76. The van der Waals surface area contributed by atoms with Crippen LogP contribution >= 0.6 is 12.4 Å². The third-order valence-corrected chi connectivity index (χ3v) is 2.59. The van der Waals surface area contributed by atoms with Crippen molar-refractivity contribution in [2.75, 3.05) is 0 Å². The van der Waals surface area contributed by atoms with Gasteiger partial charge in [-0.05, 0) is 12.5 Å². The van der Waals surface area contributed by atoms with E-state index >= 15 is 0 Å². The molecule has 0 fully saturated rings. The van der Waals surface area contributed by atoms with Crippen molar-refractivity contribution < 1.29 is 4.79 Å². The van der Waals surface area contributed by atoms with Gasteiger partial charge in [-0.2, -0.15) is 10.1 Å². The molecule has 0 saturated heterocycles. The van der Waals surface area contributed by atoms with Crippen molar-refractivity contribution in [1.82, 2.24) is 9.78 Å². The molecule has 1 heterocycles. The third-order valence-electron chi connectivity index (χ3n) is 2.59. The van der Waals surface area contributed by atoms with Crippen LogP contribution in [0, 0.1) is 6.92 Å². The summed E-state index contributed by atoms with van der Waals surface area (Å²) in [5, 5.41) is 4.28. The quantitative estimate of drug-likeness (QED) is 0.653. The number of nitrogens with two attached hydrogens (primary N) is 2. The molecule has 0 aliphatic heterocycles. The Hall–Kier alpha value is -2.34. The van der Waals surface area contributed by atoms with Crippen LogP contribution in [0.25, 0.3) is 0 Å². The lowest BCUT2D eigenvalue weighted by Gasteiger charge is -2.00. The lowest BCUT2D eigenvalue weighted by Crippen LogP contribution is -2.24. The predicted molar refractivity (Wildman–Crippen MR) is 79.9 cm³/mol. The van der Waals surface area contributed by atoms with Crippen LogP contribution in [0.3, 0.4) is 0 Å². The van der Waals surface area contributed by atoms with E-state index in [-0.39, 0.29) is 18.4 Å². The van der Waals surface area contributed by atoms with E-state index in [0.29, 0.717) is 17.8 Å². The molecule has 1 amide bonds. The molecule has 0 atom stereocenters. The first-order valence-electron chi connectivity index (χ1n) is 5.78. The Labute approximate surface area is 122 Å². The van der Waals surface area contributed by atoms with E-state index in [2.05, 4.69) is 10.1 Å². The number of benzene rings is 1. The van der Waals surface area contributed by atoms with Crippen LogP contribution in [0.5, 0.6) is 0 Å². The molecule has 0 unspecified atom stereocenters. The predicted octanol–water partition coefficient (Wildman–Crippen LogP) is 1.08. The minimum atomic E-state index is -0.475. The SMILES string of the molecule is Cc1nn(Cc2ccccc2)cc1C(=O)N=C(N)N.Cl. The molecule has 2 aromatic rings. The summed E-state index contributed by atoms with van der Waals surface area (Å²) >= 11 is 0. The monoisotopic (exact) mass is 293 g/mol. The summed E-state index contributed by atoms with van der Waals surface area (Å²) in [6, 6.07) is 9.85. The summed E-state index contributed by atoms with van der Waals surface area (Å²) < 4.78 is 1.69. The Morgan fingerprint density at radius 2 is 1.95 bits per heavy atom. The van der Waals surface area contributed by atoms with Crippen molar-refractivity contribution in [2.24, 2.45) is 16.5 Å². The minimum Gasteiger partial charge on any atom is -0.370 e. The highest BCUT2D eigenvalue weighted by molar-refractivity contribution is 6.02. The second-order valence-corrected chi connectivity index (χ2v) is 4.15. The molecule has 106 valence electrons. The number of guanidine groups is 1. The molecule has 20 heavy (non-hydrogen) atoms. The number of carbonyl (C=O) groups is 1. The highest BCUT2D eigenvalue weighted by Gasteiger charge is 2.13. The van der Waals surface area contributed by atoms with Crippen LogP contribution in [0.4, 0.5) is 0 Å². The van der Waals surface area contributed by atoms with Crippen molar-refractivity contribution in [3.8, 4) is 0 Å². The Kier molecular flexibility index (Phi) is 5.28. The molecule has 0 radical (unpaired) electrons. The van der Waals surface area contributed by atoms with Gasteiger partial charge in [-0.3, -0.25) is 9.48 Å². The summed E-state index contributed by atoms with van der Waals surface area (Å²) in [4.78, 5) is 15.2. The van der Waals surface area contributed by atoms with Gasteiger partial charge in [0.05, 0.1) is 17.8 Å². The number of rotatable bonds is 3. The van der Waals surface area contributed by atoms with E-state index in [4.69, 9.17) is 11.5 Å². The van der Waals surface area contributed by atoms with Crippen molar-refractivity contribution in [3.63, 3.8) is 0 Å². The maximum Gasteiger partial charge on any atom is 0.283 e. The largest absolute Gasteiger partial charge is 0.370 e. The average Bonchev–Trinajstić information content (AvgIpc) is 2.70. The highest BCUT2D eigenvalue weighted by Crippen LogP contribution is 2.09. The van der Waals surface area contributed by atoms with Crippen LogP contribution in [-0.2, 0) is 6.54 Å². The van der Waals surface area contributed by atoms with Gasteiger partial charge in [-0.15, -0.1) is 12.4 Å². The zero-order chi connectivity index (χ0) is 13.8. The molecule has 0 spiro atoms. The first-order chi connectivity index (χ1) is 9.06. The highest BCUT2D eigenvalue weighted by atomic mass is 35.5. The Bertz CT molecular complexity index is 617. The second kappa shape index (κ2) is 6.72. The fourth-order valence-corrected chi connectivity index (χ4v) is 1.76. The van der Waals surface area contributed by atoms with Crippen molar-refractivity contribution >= 4 is 24.3 Å². The summed E-state index contributed by atoms with van der Waals surface area (Å²) in [5.41, 5.74) is 12.5. The Morgan fingerprint density at radius 3 is 2.55 bits per heavy atom. The third kappa shape index (κ3) is 3.83. The molecular weight excluding hydrogens is 278 g/mol. The van der Waals surface area contributed by atoms with Crippen molar-refractivity contribution in [1.29, 1.82) is 0 Å². The number of carbonyl (C=O) groups excluding carboxylic acids is 1. The summed E-state index contributed by atoms with van der Waals surface area (Å²) in [6.45, 7) is 2.34. The number of hydrogen-bond donors (Lipinski definition) is 2. The minimum absolute atomic E-state index is 0. The lowest BCUT2D eigenvalue weighted by molar-refractivity contribution is 0.100. The maximum absolute atomic E-state index is 11.7. The number of aryl methyl sites for hydroxylation is 1. The summed E-state index contributed by atoms with van der Waals surface area (Å²) in [5.74, 6) is -0.725. The summed E-state index contributed by atoms with van der Waals surface area (Å²) in [7, 11) is 0. The van der Waals surface area contributed by atoms with Gasteiger partial charge in [0.25, 0.3) is 5.91 Å². The molecule has 2 rings (SSSR count). The maximum atomic E-state index is 11.7. The van der Waals surface area contributed by atoms with Gasteiger partial charge < -0.3 is 11.5 Å². The molecule has 4 N–H and O–H groups in total. The van der Waals surface area contributed by atoms with Crippen LogP contribution in [-0.4, -0.2) is 21.6 Å². The van der Waals surface area contributed by atoms with Gasteiger partial charge in [0.1, 0.15) is 0 Å². The Balaban J connectivity index is 0.00000200. The number of aromatic nitrogens is 2. The van der Waals surface area contributed by atoms with Gasteiger partial charge in [-0.25, -0.2) is 0 Å². The molecule has 7 heteroatoms. The molecule has 1 aromatic heterocycles. The first kappa shape index (κ1) is 15.7. The van der Waals surface area contributed by atoms with Gasteiger partial charge >= 0.3 is 0 Å². The zero-order valence-corrected chi connectivity index (χ0v) is 11.8. The molecule has 0 aliphatic carbocycles. The zero-order valence-electron chi connectivity index (χ0n) is 11.0. The smallest absolute Gasteiger partial charge is 0.283 e. The number of halogens is 1. The van der Waals surface area contributed by atoms with Gasteiger partial charge in [0.15, 0.2) is 5.96 Å². The van der Waals surface area contributed by atoms with Crippen LogP contribution in [0.2, 0.25) is 0 Å². The van der Waals surface area contributed by atoms with E-state index in [1.807, 2.05) is 30.3 Å². The Morgan fingerprint density at radius 1 is 1.30 bits per heavy atom. The average molecular weight is 294 g/mol. The molecule has 1 aromatic carbocycles. The molecule has 0 aliphatic rings. The van der Waals surface area contributed by atoms with E-state index in [0.717, 1.165) is 5.56 Å². The van der Waals surface area contributed by atoms with E-state index < -0.39 is 5.91 Å². The van der Waals surface area contributed by atoms with Crippen molar-refractivity contribution in [2.45, 2.75) is 13.5 Å². The lowest BCUT2D eigenvalue weighted by atomic mass is 10.2. The van der Waals surface area contributed by atoms with Crippen LogP contribution in [0.1, 0.15) is 21.6 Å². The molecule has 0 bridgehead atoms. The number of nitrogens with zero attached hydrogens (tertiary/aromatic N) is 3. The number of aliphatic imine (C=N–C) groups is 1. The van der Waals surface area contributed by atoms with Gasteiger partial charge in [0, 0.05) is 6.20 Å². The van der Waals surface area contributed by atoms with E-state index in [1.165, 1.54) is 0 Å². The van der Waals surface area contributed by atoms with Crippen molar-refractivity contribution in [3.05, 3.63) is 53.3 Å². The normalized spacial score (nSPS) is 9.65. The van der Waals surface area contributed by atoms with Crippen LogP contribution < -0.4 is 11.5 Å². The second-order valence-electron chi connectivity index (χ2n) is 4.15. The summed E-state index contributed by atoms with van der Waals surface area (Å²) in [6.07, 6.45) is 1.65. The van der Waals surface area contributed by atoms with Crippen LogP contribution in [0.15, 0.2) is 41.5 Å². The molecule has 0 saturated carbocycles. The number of amides is 1. The van der Waals surface area contributed by atoms with E-state index in [9.17, 15) is 4.79 Å². The van der Waals surface area contributed by atoms with E-state index in [1.54, 1.807) is 17.8 Å². The van der Waals surface area contributed by atoms with Gasteiger partial charge in [0.2, 0.25) is 0 Å². The topological polar surface area (TPSA) is 99.3 Å². The first-order valence-corrected chi connectivity index (χ1v) is 5.78.